The number of aromatic carboxylic acids is 2. The lowest BCUT2D eigenvalue weighted by Crippen LogP contribution is -2.13. The van der Waals surface area contributed by atoms with Gasteiger partial charge in [0.05, 0.1) is 4.92 Å². The molecule has 0 heterocycles. The number of carboxylic acid groups (broad SMARTS) is 2. The van der Waals surface area contributed by atoms with E-state index in [2.05, 4.69) is 0 Å². The number of nitro groups is 1. The van der Waals surface area contributed by atoms with Gasteiger partial charge in [0.2, 0.25) is 0 Å². The van der Waals surface area contributed by atoms with E-state index in [-0.39, 0.29) is 28.3 Å². The molecule has 0 amide bonds. The predicted molar refractivity (Wildman–Crippen MR) is 133 cm³/mol. The van der Waals surface area contributed by atoms with E-state index < -0.39 is 34.7 Å². The minimum atomic E-state index is -1.36. The lowest BCUT2D eigenvalue weighted by Gasteiger charge is -2.23. The maximum Gasteiger partial charge on any atom is 0.339 e. The Bertz CT molecular complexity index is 1390. The summed E-state index contributed by atoms with van der Waals surface area (Å²) < 4.78 is 10.3. The van der Waals surface area contributed by atoms with Crippen LogP contribution in [0.25, 0.3) is 0 Å². The maximum absolute atomic E-state index is 12.1. The van der Waals surface area contributed by atoms with Crippen molar-refractivity contribution in [1.82, 2.24) is 0 Å². The van der Waals surface area contributed by atoms with Gasteiger partial charge in [-0.25, -0.2) is 9.59 Å². The number of rotatable bonds is 8. The van der Waals surface area contributed by atoms with E-state index >= 15 is 0 Å². The molecule has 3 rings (SSSR count). The average Bonchev–Trinajstić information content (AvgIpc) is 2.81. The molecule has 3 aromatic rings. The van der Waals surface area contributed by atoms with E-state index in [0.717, 1.165) is 13.8 Å². The van der Waals surface area contributed by atoms with Gasteiger partial charge in [-0.3, -0.25) is 19.7 Å². The van der Waals surface area contributed by atoms with E-state index in [0.29, 0.717) is 27.8 Å². The molecule has 2 N–H and O–H groups in total. The van der Waals surface area contributed by atoms with Crippen LogP contribution in [0.15, 0.2) is 48.5 Å². The number of hydrogen-bond acceptors (Lipinski definition) is 8. The summed E-state index contributed by atoms with van der Waals surface area (Å²) in [5, 5.41) is 30.9. The number of carbonyl (C=O) groups is 4. The van der Waals surface area contributed by atoms with Crippen LogP contribution in [0.5, 0.6) is 11.5 Å². The number of ether oxygens (including phenoxy) is 2. The quantitative estimate of drug-likeness (QED) is 0.140. The highest BCUT2D eigenvalue weighted by atomic mass is 16.6. The Morgan fingerprint density at radius 3 is 1.45 bits per heavy atom. The summed E-state index contributed by atoms with van der Waals surface area (Å²) in [6, 6.07) is 11.3. The molecule has 0 fully saturated rings. The van der Waals surface area contributed by atoms with Crippen molar-refractivity contribution in [2.45, 2.75) is 33.6 Å². The summed E-state index contributed by atoms with van der Waals surface area (Å²) in [5.74, 6) is -5.21. The van der Waals surface area contributed by atoms with Crippen LogP contribution in [-0.2, 0) is 9.59 Å². The largest absolute Gasteiger partial charge is 0.478 e. The highest BCUT2D eigenvalue weighted by molar-refractivity contribution is 5.94. The molecule has 0 aliphatic heterocycles. The van der Waals surface area contributed by atoms with E-state index in [1.807, 2.05) is 0 Å². The first-order chi connectivity index (χ1) is 17.8. The average molecular weight is 521 g/mol. The third kappa shape index (κ3) is 5.84. The SMILES string of the molecule is CC(=O)Oc1c(C)cc(C(c2ccc([N+](=O)[O-])cc2)c2cc(C)c(OC(C)=O)c(C(=O)O)c2)cc1C(=O)O. The summed E-state index contributed by atoms with van der Waals surface area (Å²) >= 11 is 0. The second-order valence-corrected chi connectivity index (χ2v) is 8.51. The normalized spacial score (nSPS) is 10.7. The van der Waals surface area contributed by atoms with Gasteiger partial charge in [0, 0.05) is 31.9 Å². The van der Waals surface area contributed by atoms with Crippen LogP contribution < -0.4 is 9.47 Å². The van der Waals surface area contributed by atoms with Gasteiger partial charge in [0.1, 0.15) is 22.6 Å². The third-order valence-electron chi connectivity index (χ3n) is 5.65. The second kappa shape index (κ2) is 10.9. The number of esters is 2. The molecular formula is C27H23NO10. The number of benzene rings is 3. The van der Waals surface area contributed by atoms with Crippen LogP contribution in [0.4, 0.5) is 5.69 Å². The van der Waals surface area contributed by atoms with Crippen molar-refractivity contribution in [3.05, 3.63) is 97.6 Å². The fourth-order valence-electron chi connectivity index (χ4n) is 4.18. The number of non-ortho nitro benzene ring substituents is 1. The van der Waals surface area contributed by atoms with E-state index in [4.69, 9.17) is 9.47 Å². The topological polar surface area (TPSA) is 170 Å². The van der Waals surface area contributed by atoms with Crippen LogP contribution in [0, 0.1) is 24.0 Å². The van der Waals surface area contributed by atoms with E-state index in [9.17, 15) is 39.5 Å². The summed E-state index contributed by atoms with van der Waals surface area (Å²) in [5.41, 5.74) is 1.15. The van der Waals surface area contributed by atoms with Gasteiger partial charge in [0.15, 0.2) is 0 Å². The van der Waals surface area contributed by atoms with Gasteiger partial charge in [0.25, 0.3) is 5.69 Å². The molecule has 196 valence electrons. The van der Waals surface area contributed by atoms with E-state index in [1.165, 1.54) is 36.4 Å². The Balaban J connectivity index is 2.35. The lowest BCUT2D eigenvalue weighted by molar-refractivity contribution is -0.384. The third-order valence-corrected chi connectivity index (χ3v) is 5.65. The fraction of sp³-hybridized carbons (Fsp3) is 0.185. The minimum absolute atomic E-state index is 0.135. The summed E-state index contributed by atoms with van der Waals surface area (Å²) in [7, 11) is 0. The van der Waals surface area contributed by atoms with Crippen molar-refractivity contribution in [3.8, 4) is 11.5 Å². The summed E-state index contributed by atoms with van der Waals surface area (Å²) in [6.45, 7) is 5.39. The molecule has 0 aliphatic carbocycles. The summed E-state index contributed by atoms with van der Waals surface area (Å²) in [4.78, 5) is 57.9. The number of carboxylic acids is 2. The van der Waals surface area contributed by atoms with Gasteiger partial charge in [-0.05, 0) is 53.8 Å². The first kappa shape index (κ1) is 27.5. The smallest absolute Gasteiger partial charge is 0.339 e. The summed E-state index contributed by atoms with van der Waals surface area (Å²) in [6.07, 6.45) is 0. The van der Waals surface area contributed by atoms with Crippen LogP contribution in [-0.4, -0.2) is 39.0 Å². The van der Waals surface area contributed by atoms with Crippen molar-refractivity contribution in [2.24, 2.45) is 0 Å². The molecule has 0 atom stereocenters. The van der Waals surface area contributed by atoms with Crippen molar-refractivity contribution in [2.75, 3.05) is 0 Å². The van der Waals surface area contributed by atoms with Crippen molar-refractivity contribution < 1.29 is 43.8 Å². The highest BCUT2D eigenvalue weighted by Gasteiger charge is 2.27. The Morgan fingerprint density at radius 2 is 1.13 bits per heavy atom. The molecular weight excluding hydrogens is 498 g/mol. The lowest BCUT2D eigenvalue weighted by atomic mass is 9.82. The van der Waals surface area contributed by atoms with E-state index in [1.54, 1.807) is 26.0 Å². The molecule has 0 aromatic heterocycles. The monoisotopic (exact) mass is 521 g/mol. The molecule has 0 spiro atoms. The number of nitro benzene ring substituents is 1. The molecule has 0 aliphatic rings. The molecule has 38 heavy (non-hydrogen) atoms. The minimum Gasteiger partial charge on any atom is -0.478 e. The molecule has 0 saturated carbocycles. The molecule has 0 saturated heterocycles. The van der Waals surface area contributed by atoms with Gasteiger partial charge in [-0.2, -0.15) is 0 Å². The standard InChI is InChI=1S/C27H23NO10/c1-13-9-18(11-21(26(31)32)24(13)37-15(3)29)23(17-5-7-20(8-6-17)28(35)36)19-10-14(2)25(38-16(4)30)22(12-19)27(33)34/h5-12,23H,1-4H3,(H,31,32)(H,33,34). The highest BCUT2D eigenvalue weighted by Crippen LogP contribution is 2.39. The Hall–Kier alpha value is -5.06. The molecule has 11 nitrogen and oxygen atoms in total. The number of aryl methyl sites for hydroxylation is 2. The molecule has 0 unspecified atom stereocenters. The number of hydrogen-bond donors (Lipinski definition) is 2. The first-order valence-corrected chi connectivity index (χ1v) is 11.2. The van der Waals surface area contributed by atoms with Crippen molar-refractivity contribution in [1.29, 1.82) is 0 Å². The van der Waals surface area contributed by atoms with Crippen LogP contribution in [0.2, 0.25) is 0 Å². The molecule has 0 bridgehead atoms. The van der Waals surface area contributed by atoms with Crippen molar-refractivity contribution in [3.63, 3.8) is 0 Å². The second-order valence-electron chi connectivity index (χ2n) is 8.51. The first-order valence-electron chi connectivity index (χ1n) is 11.2. The van der Waals surface area contributed by atoms with Crippen LogP contribution in [0.1, 0.15) is 68.3 Å². The zero-order chi connectivity index (χ0) is 28.3. The predicted octanol–water partition coefficient (Wildman–Crippen LogP) is 4.64. The van der Waals surface area contributed by atoms with Crippen LogP contribution in [0.3, 0.4) is 0 Å². The van der Waals surface area contributed by atoms with Gasteiger partial charge in [-0.1, -0.05) is 24.3 Å². The van der Waals surface area contributed by atoms with Gasteiger partial charge < -0.3 is 19.7 Å². The fourth-order valence-corrected chi connectivity index (χ4v) is 4.18. The maximum atomic E-state index is 12.1. The number of carbonyl (C=O) groups excluding carboxylic acids is 2. The Morgan fingerprint density at radius 1 is 0.737 bits per heavy atom. The zero-order valence-corrected chi connectivity index (χ0v) is 20.8. The Labute approximate surface area is 216 Å². The molecule has 11 heteroatoms. The van der Waals surface area contributed by atoms with Gasteiger partial charge >= 0.3 is 23.9 Å². The zero-order valence-electron chi connectivity index (χ0n) is 20.8. The van der Waals surface area contributed by atoms with Crippen molar-refractivity contribution >= 4 is 29.6 Å². The molecule has 0 radical (unpaired) electrons. The van der Waals surface area contributed by atoms with Crippen LogP contribution >= 0.6 is 0 Å². The van der Waals surface area contributed by atoms with Gasteiger partial charge in [-0.15, -0.1) is 0 Å². The number of nitrogens with zero attached hydrogens (tertiary/aromatic N) is 1. The molecule has 3 aromatic carbocycles. The Kier molecular flexibility index (Phi) is 7.90.